The Balaban J connectivity index is 1.32. The number of carboxylic acids is 1. The van der Waals surface area contributed by atoms with E-state index < -0.39 is 31.6 Å². The van der Waals surface area contributed by atoms with Gasteiger partial charge in [-0.25, -0.2) is 0 Å². The lowest BCUT2D eigenvalue weighted by Gasteiger charge is -2.61. The zero-order valence-electron chi connectivity index (χ0n) is 29.4. The average molecular weight is 669 g/mol. The van der Waals surface area contributed by atoms with Crippen molar-refractivity contribution in [3.8, 4) is 0 Å². The fourth-order valence-electron chi connectivity index (χ4n) is 7.13. The van der Waals surface area contributed by atoms with Crippen LogP contribution in [0.1, 0.15) is 84.3 Å². The number of carbonyl (C=O) groups is 1. The van der Waals surface area contributed by atoms with Gasteiger partial charge in [0.1, 0.15) is 5.60 Å². The molecule has 0 aliphatic carbocycles. The molecule has 47 heavy (non-hydrogen) atoms. The highest BCUT2D eigenvalue weighted by Gasteiger charge is 2.62. The number of fused-ring (bicyclic) bond motifs is 2. The molecule has 3 fully saturated rings. The second kappa shape index (κ2) is 14.8. The largest absolute Gasteiger partial charge is 0.481 e. The summed E-state index contributed by atoms with van der Waals surface area (Å²) < 4.78 is 40.3. The Morgan fingerprint density at radius 3 is 2.19 bits per heavy atom. The zero-order chi connectivity index (χ0) is 33.9. The normalized spacial score (nSPS) is 32.7. The van der Waals surface area contributed by atoms with Gasteiger partial charge in [0.15, 0.2) is 8.32 Å². The lowest BCUT2D eigenvalue weighted by molar-refractivity contribution is -0.359. The van der Waals surface area contributed by atoms with E-state index in [1.165, 1.54) is 5.56 Å². The summed E-state index contributed by atoms with van der Waals surface area (Å²) >= 11 is 0. The van der Waals surface area contributed by atoms with Gasteiger partial charge in [-0.1, -0.05) is 81.4 Å². The first kappa shape index (κ1) is 36.2. The first-order chi connectivity index (χ1) is 22.2. The van der Waals surface area contributed by atoms with Crippen molar-refractivity contribution in [1.29, 1.82) is 0 Å². The molecule has 0 radical (unpaired) electrons. The maximum Gasteiger partial charge on any atom is 0.306 e. The van der Waals surface area contributed by atoms with Gasteiger partial charge < -0.3 is 33.2 Å². The first-order valence-corrected chi connectivity index (χ1v) is 20.3. The fraction of sp³-hybridized carbons (Fsp3) is 0.658. The third kappa shape index (κ3) is 8.74. The van der Waals surface area contributed by atoms with Gasteiger partial charge in [0.2, 0.25) is 0 Å². The summed E-state index contributed by atoms with van der Waals surface area (Å²) in [6.07, 6.45) is 1.72. The molecule has 0 aromatic heterocycles. The number of hydrogen-bond donors (Lipinski definition) is 1. The molecule has 3 heterocycles. The van der Waals surface area contributed by atoms with Gasteiger partial charge in [-0.3, -0.25) is 4.79 Å². The molecule has 1 N–H and O–H groups in total. The number of ether oxygens (including phenoxy) is 5. The van der Waals surface area contributed by atoms with Gasteiger partial charge in [0.05, 0.1) is 61.9 Å². The molecular formula is C38H56O8Si. The van der Waals surface area contributed by atoms with Crippen molar-refractivity contribution < 1.29 is 38.0 Å². The van der Waals surface area contributed by atoms with Crippen LogP contribution >= 0.6 is 0 Å². The highest BCUT2D eigenvalue weighted by Crippen LogP contribution is 2.51. The van der Waals surface area contributed by atoms with Crippen LogP contribution in [-0.2, 0) is 46.1 Å². The van der Waals surface area contributed by atoms with Crippen LogP contribution in [0.3, 0.4) is 0 Å². The Morgan fingerprint density at radius 2 is 1.57 bits per heavy atom. The molecule has 260 valence electrons. The van der Waals surface area contributed by atoms with E-state index in [-0.39, 0.29) is 42.0 Å². The SMILES string of the molecule is CC(C)(C)[Si](C)(C)O[C@H]1C[C@@]2(C)O[C@@]3(C)[C@@H](OCc4ccccc4)C[C@H](CCCOCc4ccccc4)O[C@@H]3C[C@@H]2O[C@@H]1CC(=O)O. The Morgan fingerprint density at radius 1 is 0.936 bits per heavy atom. The van der Waals surface area contributed by atoms with Crippen molar-refractivity contribution in [1.82, 2.24) is 0 Å². The predicted molar refractivity (Wildman–Crippen MR) is 184 cm³/mol. The molecule has 3 aliphatic rings. The predicted octanol–water partition coefficient (Wildman–Crippen LogP) is 7.69. The van der Waals surface area contributed by atoms with Crippen LogP contribution in [0, 0.1) is 0 Å². The third-order valence-corrected chi connectivity index (χ3v) is 15.4. The van der Waals surface area contributed by atoms with Crippen molar-refractivity contribution in [2.45, 2.75) is 152 Å². The summed E-state index contributed by atoms with van der Waals surface area (Å²) in [7, 11) is -2.23. The Labute approximate surface area is 282 Å². The number of aliphatic carboxylic acids is 1. The topological polar surface area (TPSA) is 92.7 Å². The van der Waals surface area contributed by atoms with Crippen LogP contribution in [0.25, 0.3) is 0 Å². The van der Waals surface area contributed by atoms with E-state index in [0.29, 0.717) is 39.1 Å². The van der Waals surface area contributed by atoms with Crippen LogP contribution in [0.2, 0.25) is 18.1 Å². The average Bonchev–Trinajstić information content (AvgIpc) is 2.99. The minimum atomic E-state index is -2.23. The molecule has 2 aromatic carbocycles. The molecule has 8 atom stereocenters. The van der Waals surface area contributed by atoms with E-state index in [9.17, 15) is 9.90 Å². The maximum atomic E-state index is 12.0. The lowest BCUT2D eigenvalue weighted by Crippen LogP contribution is -2.72. The smallest absolute Gasteiger partial charge is 0.306 e. The quantitative estimate of drug-likeness (QED) is 0.172. The van der Waals surface area contributed by atoms with E-state index >= 15 is 0 Å². The molecule has 0 spiro atoms. The third-order valence-electron chi connectivity index (χ3n) is 10.9. The monoisotopic (exact) mass is 668 g/mol. The molecule has 8 nitrogen and oxygen atoms in total. The second-order valence-corrected chi connectivity index (χ2v) is 20.4. The summed E-state index contributed by atoms with van der Waals surface area (Å²) in [6.45, 7) is 17.0. The first-order valence-electron chi connectivity index (χ1n) is 17.4. The van der Waals surface area contributed by atoms with Crippen molar-refractivity contribution in [3.05, 3.63) is 71.8 Å². The second-order valence-electron chi connectivity index (χ2n) is 15.7. The lowest BCUT2D eigenvalue weighted by atomic mass is 9.73. The summed E-state index contributed by atoms with van der Waals surface area (Å²) in [6, 6.07) is 20.5. The highest BCUT2D eigenvalue weighted by molar-refractivity contribution is 6.74. The molecule has 0 bridgehead atoms. The van der Waals surface area contributed by atoms with Crippen LogP contribution in [0.4, 0.5) is 0 Å². The molecule has 3 aliphatic heterocycles. The van der Waals surface area contributed by atoms with Crippen molar-refractivity contribution >= 4 is 14.3 Å². The van der Waals surface area contributed by atoms with E-state index in [1.54, 1.807) is 0 Å². The summed E-state index contributed by atoms with van der Waals surface area (Å²) in [4.78, 5) is 12.0. The van der Waals surface area contributed by atoms with E-state index in [4.69, 9.17) is 28.1 Å². The van der Waals surface area contributed by atoms with Crippen molar-refractivity contribution in [2.24, 2.45) is 0 Å². The van der Waals surface area contributed by atoms with Crippen LogP contribution in [-0.4, -0.2) is 73.8 Å². The van der Waals surface area contributed by atoms with E-state index in [1.807, 2.05) is 36.4 Å². The van der Waals surface area contributed by atoms with Gasteiger partial charge in [-0.05, 0) is 55.9 Å². The summed E-state index contributed by atoms with van der Waals surface area (Å²) in [5, 5.41) is 9.80. The number of hydrogen-bond acceptors (Lipinski definition) is 7. The Hall–Kier alpha value is -2.11. The molecule has 3 saturated heterocycles. The molecule has 0 unspecified atom stereocenters. The molecule has 9 heteroatoms. The van der Waals surface area contributed by atoms with Crippen LogP contribution in [0.15, 0.2) is 60.7 Å². The highest BCUT2D eigenvalue weighted by atomic mass is 28.4. The van der Waals surface area contributed by atoms with E-state index in [2.05, 4.69) is 72.0 Å². The summed E-state index contributed by atoms with van der Waals surface area (Å²) in [5.41, 5.74) is 0.874. The minimum absolute atomic E-state index is 0.0183. The number of rotatable bonds is 13. The van der Waals surface area contributed by atoms with Crippen LogP contribution in [0.5, 0.6) is 0 Å². The minimum Gasteiger partial charge on any atom is -0.481 e. The van der Waals surface area contributed by atoms with Gasteiger partial charge in [0, 0.05) is 25.9 Å². The number of benzene rings is 2. The standard InChI is InChI=1S/C38H56O8Si/c1-36(2,3)47(6,7)45-31-24-37(4)32(44-30(31)22-35(39)40)23-34-38(5,46-37)33(42-26-28-17-12-9-13-18-28)21-29(43-34)19-14-20-41-25-27-15-10-8-11-16-27/h8-13,15-18,29-34H,14,19-26H2,1-7H3,(H,39,40)/t29-,30+,31-,32-,33-,34+,37+,38-/m0/s1. The molecule has 5 rings (SSSR count). The fourth-order valence-corrected chi connectivity index (χ4v) is 8.48. The molecule has 2 aromatic rings. The van der Waals surface area contributed by atoms with Gasteiger partial charge in [-0.2, -0.15) is 0 Å². The van der Waals surface area contributed by atoms with Crippen molar-refractivity contribution in [2.75, 3.05) is 6.61 Å². The molecule has 0 saturated carbocycles. The Bertz CT molecular complexity index is 1300. The van der Waals surface area contributed by atoms with Crippen LogP contribution < -0.4 is 0 Å². The Kier molecular flexibility index (Phi) is 11.4. The molecular weight excluding hydrogens is 612 g/mol. The summed E-state index contributed by atoms with van der Waals surface area (Å²) in [5.74, 6) is -0.887. The van der Waals surface area contributed by atoms with Gasteiger partial charge in [-0.15, -0.1) is 0 Å². The maximum absolute atomic E-state index is 12.0. The zero-order valence-corrected chi connectivity index (χ0v) is 30.4. The van der Waals surface area contributed by atoms with Gasteiger partial charge in [0.25, 0.3) is 0 Å². The van der Waals surface area contributed by atoms with E-state index in [0.717, 1.165) is 18.4 Å². The van der Waals surface area contributed by atoms with Crippen molar-refractivity contribution in [3.63, 3.8) is 0 Å². The van der Waals surface area contributed by atoms with Gasteiger partial charge >= 0.3 is 5.97 Å². The molecule has 0 amide bonds. The number of carboxylic acid groups (broad SMARTS) is 1.